The molecule has 0 aliphatic rings. The van der Waals surface area contributed by atoms with Gasteiger partial charge in [0, 0.05) is 0 Å². The fraction of sp³-hybridized carbons (Fsp3) is 0.857. The third-order valence-electron chi connectivity index (χ3n) is 3.14. The van der Waals surface area contributed by atoms with Gasteiger partial charge in [-0.3, -0.25) is 4.79 Å². The highest BCUT2D eigenvalue weighted by Crippen LogP contribution is 2.10. The molecule has 23 heavy (non-hydrogen) atoms. The number of aliphatic carboxylic acids is 2. The van der Waals surface area contributed by atoms with Crippen LogP contribution in [0.2, 0.25) is 0 Å². The van der Waals surface area contributed by atoms with Crippen LogP contribution < -0.4 is 0 Å². The number of carboxylic acid groups (broad SMARTS) is 2. The Kier molecular flexibility index (Phi) is 11.6. The van der Waals surface area contributed by atoms with Gasteiger partial charge in [0.15, 0.2) is 0 Å². The molecular formula is C14H26O8S. The van der Waals surface area contributed by atoms with Gasteiger partial charge in [-0.05, 0) is 6.42 Å². The van der Waals surface area contributed by atoms with Gasteiger partial charge >= 0.3 is 11.9 Å². The average molecular weight is 354 g/mol. The van der Waals surface area contributed by atoms with E-state index in [-0.39, 0.29) is 5.75 Å². The summed E-state index contributed by atoms with van der Waals surface area (Å²) in [7, 11) is -4.03. The predicted molar refractivity (Wildman–Crippen MR) is 82.2 cm³/mol. The first-order valence-corrected chi connectivity index (χ1v) is 9.38. The maximum atomic E-state index is 11.5. The monoisotopic (exact) mass is 354 g/mol. The van der Waals surface area contributed by atoms with Crippen LogP contribution in [0.3, 0.4) is 0 Å². The Morgan fingerprint density at radius 3 is 1.96 bits per heavy atom. The van der Waals surface area contributed by atoms with Crippen LogP contribution in [0.5, 0.6) is 0 Å². The number of rotatable bonds is 15. The van der Waals surface area contributed by atoms with Crippen molar-refractivity contribution >= 4 is 22.1 Å². The molecule has 1 atom stereocenters. The first-order valence-electron chi connectivity index (χ1n) is 7.80. The lowest BCUT2D eigenvalue weighted by Crippen LogP contribution is -2.28. The summed E-state index contributed by atoms with van der Waals surface area (Å²) in [6.45, 7) is 2.14. The summed E-state index contributed by atoms with van der Waals surface area (Å²) in [5.74, 6) is -3.32. The molecule has 0 aliphatic carbocycles. The first-order chi connectivity index (χ1) is 10.8. The Hall–Kier alpha value is -1.19. The summed E-state index contributed by atoms with van der Waals surface area (Å²) in [4.78, 5) is 25.4. The molecule has 0 heterocycles. The topological polar surface area (TPSA) is 127 Å². The largest absolute Gasteiger partial charge is 0.481 e. The summed E-state index contributed by atoms with van der Waals surface area (Å²) in [6.07, 6.45) is 5.05. The van der Waals surface area contributed by atoms with Crippen molar-refractivity contribution in [3.8, 4) is 0 Å². The van der Waals surface area contributed by atoms with Crippen LogP contribution in [0.4, 0.5) is 0 Å². The van der Waals surface area contributed by atoms with Gasteiger partial charge < -0.3 is 10.2 Å². The van der Waals surface area contributed by atoms with E-state index in [9.17, 15) is 18.0 Å². The number of hydrogen-bond donors (Lipinski definition) is 2. The number of hydrogen-bond acceptors (Lipinski definition) is 6. The third kappa shape index (κ3) is 13.0. The molecule has 0 saturated carbocycles. The van der Waals surface area contributed by atoms with Crippen molar-refractivity contribution in [1.29, 1.82) is 0 Å². The van der Waals surface area contributed by atoms with E-state index in [4.69, 9.17) is 10.2 Å². The molecule has 0 rings (SSSR count). The number of unbranched alkanes of at least 4 members (excludes halogenated alkanes) is 7. The lowest BCUT2D eigenvalue weighted by atomic mass is 10.1. The number of carbonyl (C=O) groups is 2. The van der Waals surface area contributed by atoms with Crippen molar-refractivity contribution in [3.05, 3.63) is 0 Å². The van der Waals surface area contributed by atoms with Crippen LogP contribution in [0.1, 0.15) is 64.7 Å². The molecular weight excluding hydrogens is 328 g/mol. The molecule has 0 amide bonds. The van der Waals surface area contributed by atoms with Crippen LogP contribution in [0.15, 0.2) is 0 Å². The SMILES string of the molecule is CCCCCCCCCCS(=O)(=O)OOC(CC(=O)O)C(=O)O. The van der Waals surface area contributed by atoms with E-state index in [0.29, 0.717) is 6.42 Å². The standard InChI is InChI=1S/C14H26O8S/c1-2-3-4-5-6-7-8-9-10-23(19,20)22-21-12(14(17)18)11-13(15)16/h12H,2-11H2,1H3,(H,15,16)(H,17,18). The Balaban J connectivity index is 3.91. The smallest absolute Gasteiger partial charge is 0.336 e. The van der Waals surface area contributed by atoms with Crippen molar-refractivity contribution in [2.75, 3.05) is 5.75 Å². The van der Waals surface area contributed by atoms with E-state index in [1.54, 1.807) is 0 Å². The fourth-order valence-corrected chi connectivity index (χ4v) is 2.72. The molecule has 0 bridgehead atoms. The van der Waals surface area contributed by atoms with E-state index < -0.39 is 34.6 Å². The highest BCUT2D eigenvalue weighted by Gasteiger charge is 2.26. The Morgan fingerprint density at radius 1 is 0.957 bits per heavy atom. The summed E-state index contributed by atoms with van der Waals surface area (Å²) in [6, 6.07) is 0. The maximum absolute atomic E-state index is 11.5. The molecule has 0 fully saturated rings. The maximum Gasteiger partial charge on any atom is 0.336 e. The van der Waals surface area contributed by atoms with Crippen LogP contribution in [-0.4, -0.2) is 42.4 Å². The fourth-order valence-electron chi connectivity index (χ4n) is 1.88. The minimum Gasteiger partial charge on any atom is -0.481 e. The van der Waals surface area contributed by atoms with Gasteiger partial charge in [0.25, 0.3) is 10.1 Å². The van der Waals surface area contributed by atoms with Gasteiger partial charge in [-0.2, -0.15) is 8.42 Å². The van der Waals surface area contributed by atoms with Gasteiger partial charge in [-0.1, -0.05) is 51.9 Å². The van der Waals surface area contributed by atoms with E-state index in [0.717, 1.165) is 25.7 Å². The zero-order valence-electron chi connectivity index (χ0n) is 13.4. The third-order valence-corrected chi connectivity index (χ3v) is 4.22. The molecule has 2 N–H and O–H groups in total. The van der Waals surface area contributed by atoms with Crippen LogP contribution >= 0.6 is 0 Å². The van der Waals surface area contributed by atoms with E-state index in [1.165, 1.54) is 19.3 Å². The molecule has 8 nitrogen and oxygen atoms in total. The van der Waals surface area contributed by atoms with Crippen LogP contribution in [0, 0.1) is 0 Å². The molecule has 1 unspecified atom stereocenters. The van der Waals surface area contributed by atoms with Crippen molar-refractivity contribution < 1.29 is 37.4 Å². The first kappa shape index (κ1) is 21.8. The summed E-state index contributed by atoms with van der Waals surface area (Å²) in [5, 5.41) is 17.2. The highest BCUT2D eigenvalue weighted by molar-refractivity contribution is 7.86. The lowest BCUT2D eigenvalue weighted by molar-refractivity contribution is -0.245. The Bertz CT molecular complexity index is 446. The molecule has 0 aromatic heterocycles. The van der Waals surface area contributed by atoms with Gasteiger partial charge in [0.2, 0.25) is 6.10 Å². The van der Waals surface area contributed by atoms with Crippen molar-refractivity contribution in [3.63, 3.8) is 0 Å². The highest BCUT2D eigenvalue weighted by atomic mass is 32.2. The molecule has 0 aliphatic heterocycles. The molecule has 136 valence electrons. The zero-order chi connectivity index (χ0) is 17.7. The van der Waals surface area contributed by atoms with E-state index in [2.05, 4.69) is 16.1 Å². The van der Waals surface area contributed by atoms with Crippen LogP contribution in [0.25, 0.3) is 0 Å². The average Bonchev–Trinajstić information content (AvgIpc) is 2.45. The summed E-state index contributed by atoms with van der Waals surface area (Å²) >= 11 is 0. The minimum absolute atomic E-state index is 0.290. The quantitative estimate of drug-likeness (QED) is 0.260. The lowest BCUT2D eigenvalue weighted by Gasteiger charge is -2.10. The second kappa shape index (κ2) is 12.3. The van der Waals surface area contributed by atoms with Crippen LogP contribution in [-0.2, 0) is 28.9 Å². The summed E-state index contributed by atoms with van der Waals surface area (Å²) < 4.78 is 27.2. The van der Waals surface area contributed by atoms with Crippen molar-refractivity contribution in [2.45, 2.75) is 70.8 Å². The van der Waals surface area contributed by atoms with Gasteiger partial charge in [0.1, 0.15) is 0 Å². The normalized spacial score (nSPS) is 12.9. The molecule has 0 aromatic rings. The molecule has 9 heteroatoms. The molecule has 0 radical (unpaired) electrons. The second-order valence-corrected chi connectivity index (χ2v) is 6.99. The van der Waals surface area contributed by atoms with Gasteiger partial charge in [0.05, 0.1) is 12.2 Å². The predicted octanol–water partition coefficient (Wildman–Crippen LogP) is 2.33. The Labute approximate surface area is 136 Å². The molecule has 0 spiro atoms. The van der Waals surface area contributed by atoms with Crippen molar-refractivity contribution in [1.82, 2.24) is 0 Å². The molecule has 0 aromatic carbocycles. The number of carboxylic acids is 2. The minimum atomic E-state index is -4.03. The van der Waals surface area contributed by atoms with E-state index in [1.807, 2.05) is 0 Å². The second-order valence-electron chi connectivity index (χ2n) is 5.33. The Morgan fingerprint density at radius 2 is 1.48 bits per heavy atom. The van der Waals surface area contributed by atoms with Crippen molar-refractivity contribution in [2.24, 2.45) is 0 Å². The van der Waals surface area contributed by atoms with E-state index >= 15 is 0 Å². The summed E-state index contributed by atoms with van der Waals surface area (Å²) in [5.41, 5.74) is 0. The zero-order valence-corrected chi connectivity index (χ0v) is 14.2. The van der Waals surface area contributed by atoms with Gasteiger partial charge in [-0.25, -0.2) is 9.68 Å². The molecule has 0 saturated heterocycles. The van der Waals surface area contributed by atoms with Gasteiger partial charge in [-0.15, -0.1) is 4.33 Å².